The summed E-state index contributed by atoms with van der Waals surface area (Å²) < 4.78 is 11.7. The molecule has 0 spiro atoms. The van der Waals surface area contributed by atoms with Crippen molar-refractivity contribution in [3.8, 4) is 0 Å². The van der Waals surface area contributed by atoms with Gasteiger partial charge in [0.05, 0.1) is 18.1 Å². The quantitative estimate of drug-likeness (QED) is 0.372. The van der Waals surface area contributed by atoms with E-state index in [9.17, 15) is 4.79 Å². The van der Waals surface area contributed by atoms with Gasteiger partial charge in [0.25, 0.3) is 0 Å². The molecule has 0 amide bonds. The summed E-state index contributed by atoms with van der Waals surface area (Å²) in [5, 5.41) is 8.94. The van der Waals surface area contributed by atoms with Gasteiger partial charge < -0.3 is 14.6 Å². The van der Waals surface area contributed by atoms with E-state index in [2.05, 4.69) is 19.9 Å². The Morgan fingerprint density at radius 3 is 3.09 bits per heavy atom. The van der Waals surface area contributed by atoms with Crippen molar-refractivity contribution in [3.05, 3.63) is 11.6 Å². The highest BCUT2D eigenvalue weighted by molar-refractivity contribution is 7.99. The van der Waals surface area contributed by atoms with Crippen LogP contribution in [0.3, 0.4) is 0 Å². The normalized spacial score (nSPS) is 43.6. The molecule has 0 bridgehead atoms. The van der Waals surface area contributed by atoms with Gasteiger partial charge in [0, 0.05) is 17.4 Å². The molecule has 0 unspecified atom stereocenters. The van der Waals surface area contributed by atoms with Crippen LogP contribution in [-0.2, 0) is 14.3 Å². The highest BCUT2D eigenvalue weighted by Gasteiger charge is 2.62. The van der Waals surface area contributed by atoms with Gasteiger partial charge in [0.1, 0.15) is 12.2 Å². The second-order valence-corrected chi connectivity index (χ2v) is 8.10. The van der Waals surface area contributed by atoms with E-state index in [1.54, 1.807) is 11.8 Å². The van der Waals surface area contributed by atoms with E-state index in [-0.39, 0.29) is 42.2 Å². The van der Waals surface area contributed by atoms with Crippen molar-refractivity contribution < 1.29 is 19.4 Å². The van der Waals surface area contributed by atoms with Crippen LogP contribution in [0.1, 0.15) is 39.5 Å². The highest BCUT2D eigenvalue weighted by Crippen LogP contribution is 2.50. The SMILES string of the molecule is C/C1=C/CC[C@@]2(C)O[C@H]2[C@H]2OC(=O)[C@@H](CSCCO)[C@@H]2CC1. The van der Waals surface area contributed by atoms with E-state index in [0.29, 0.717) is 5.75 Å². The first kappa shape index (κ1) is 16.3. The summed E-state index contributed by atoms with van der Waals surface area (Å²) in [7, 11) is 0. The molecule has 2 saturated heterocycles. The molecule has 0 radical (unpaired) electrons. The van der Waals surface area contributed by atoms with Crippen LogP contribution in [-0.4, -0.2) is 47.0 Å². The van der Waals surface area contributed by atoms with Crippen LogP contribution in [0.15, 0.2) is 11.6 Å². The van der Waals surface area contributed by atoms with Crippen molar-refractivity contribution in [2.24, 2.45) is 11.8 Å². The average Bonchev–Trinajstić information content (AvgIpc) is 3.04. The predicted octanol–water partition coefficient (Wildman–Crippen LogP) is 2.55. The lowest BCUT2D eigenvalue weighted by Crippen LogP contribution is -2.31. The monoisotopic (exact) mass is 326 g/mol. The van der Waals surface area contributed by atoms with Gasteiger partial charge in [-0.1, -0.05) is 11.6 Å². The van der Waals surface area contributed by atoms with Crippen LogP contribution >= 0.6 is 11.8 Å². The first-order valence-corrected chi connectivity index (χ1v) is 9.43. The Morgan fingerprint density at radius 2 is 2.32 bits per heavy atom. The number of esters is 1. The Kier molecular flexibility index (Phi) is 4.86. The Bertz CT molecular complexity index is 464. The second kappa shape index (κ2) is 6.54. The molecule has 5 heteroatoms. The van der Waals surface area contributed by atoms with Crippen LogP contribution < -0.4 is 0 Å². The number of ether oxygens (including phenoxy) is 2. The van der Waals surface area contributed by atoms with Crippen LogP contribution in [0, 0.1) is 11.8 Å². The molecule has 5 atom stereocenters. The van der Waals surface area contributed by atoms with Crippen molar-refractivity contribution >= 4 is 17.7 Å². The number of aliphatic hydroxyl groups is 1. The number of rotatable bonds is 4. The van der Waals surface area contributed by atoms with Gasteiger partial charge in [0.15, 0.2) is 0 Å². The number of hydrogen-bond acceptors (Lipinski definition) is 5. The zero-order valence-corrected chi connectivity index (χ0v) is 14.2. The molecule has 1 N–H and O–H groups in total. The summed E-state index contributed by atoms with van der Waals surface area (Å²) in [4.78, 5) is 12.3. The van der Waals surface area contributed by atoms with Crippen molar-refractivity contribution in [2.45, 2.75) is 57.3 Å². The molecule has 22 heavy (non-hydrogen) atoms. The van der Waals surface area contributed by atoms with Gasteiger partial charge in [0.2, 0.25) is 0 Å². The van der Waals surface area contributed by atoms with E-state index >= 15 is 0 Å². The Morgan fingerprint density at radius 1 is 1.50 bits per heavy atom. The van der Waals surface area contributed by atoms with Crippen molar-refractivity contribution in [3.63, 3.8) is 0 Å². The maximum absolute atomic E-state index is 12.3. The van der Waals surface area contributed by atoms with E-state index in [1.165, 1.54) is 5.57 Å². The first-order valence-electron chi connectivity index (χ1n) is 8.28. The second-order valence-electron chi connectivity index (χ2n) is 6.95. The minimum atomic E-state index is -0.121. The third-order valence-electron chi connectivity index (χ3n) is 5.27. The maximum Gasteiger partial charge on any atom is 0.310 e. The third-order valence-corrected chi connectivity index (χ3v) is 6.34. The van der Waals surface area contributed by atoms with Gasteiger partial charge in [-0.2, -0.15) is 11.8 Å². The summed E-state index contributed by atoms with van der Waals surface area (Å²) in [5.74, 6) is 1.54. The maximum atomic E-state index is 12.3. The molecule has 2 aliphatic heterocycles. The molecule has 3 rings (SSSR count). The Hall–Kier alpha value is -0.520. The molecule has 1 aliphatic carbocycles. The molecule has 2 fully saturated rings. The lowest BCUT2D eigenvalue weighted by Gasteiger charge is -2.22. The lowest BCUT2D eigenvalue weighted by atomic mass is 9.81. The number of fused-ring (bicyclic) bond motifs is 3. The first-order chi connectivity index (χ1) is 10.5. The summed E-state index contributed by atoms with van der Waals surface area (Å²) in [6.07, 6.45) is 6.36. The molecule has 0 aromatic carbocycles. The van der Waals surface area contributed by atoms with Gasteiger partial charge >= 0.3 is 5.97 Å². The van der Waals surface area contributed by atoms with Crippen LogP contribution in [0.5, 0.6) is 0 Å². The predicted molar refractivity (Wildman–Crippen MR) is 86.8 cm³/mol. The van der Waals surface area contributed by atoms with Crippen molar-refractivity contribution in [1.29, 1.82) is 0 Å². The minimum absolute atomic E-state index is 0.0535. The number of epoxide rings is 1. The fourth-order valence-corrected chi connectivity index (χ4v) is 4.74. The molecule has 0 aromatic heterocycles. The topological polar surface area (TPSA) is 59.1 Å². The molecular weight excluding hydrogens is 300 g/mol. The number of hydrogen-bond donors (Lipinski definition) is 1. The number of allylic oxidation sites excluding steroid dienone is 2. The summed E-state index contributed by atoms with van der Waals surface area (Å²) in [6, 6.07) is 0. The van der Waals surface area contributed by atoms with Crippen LogP contribution in [0.2, 0.25) is 0 Å². The van der Waals surface area contributed by atoms with Crippen molar-refractivity contribution in [1.82, 2.24) is 0 Å². The van der Waals surface area contributed by atoms with E-state index < -0.39 is 0 Å². The van der Waals surface area contributed by atoms with Crippen molar-refractivity contribution in [2.75, 3.05) is 18.1 Å². The fourth-order valence-electron chi connectivity index (χ4n) is 3.80. The van der Waals surface area contributed by atoms with Crippen LogP contribution in [0.25, 0.3) is 0 Å². The standard InChI is InChI=1S/C17H26O4S/c1-11-4-3-7-17(2)15(21-17)14-12(6-5-11)13(16(19)20-14)10-22-9-8-18/h4,12-15,18H,3,5-10H2,1-2H3/b11-4-/t12-,13-,14-,15-,17+/m0/s1. The van der Waals surface area contributed by atoms with Gasteiger partial charge in [-0.05, 0) is 39.5 Å². The minimum Gasteiger partial charge on any atom is -0.459 e. The summed E-state index contributed by atoms with van der Waals surface area (Å²) in [6.45, 7) is 4.48. The number of thioether (sulfide) groups is 1. The molecule has 2 heterocycles. The zero-order chi connectivity index (χ0) is 15.7. The van der Waals surface area contributed by atoms with Gasteiger partial charge in [-0.15, -0.1) is 0 Å². The van der Waals surface area contributed by atoms with E-state index in [0.717, 1.165) is 31.4 Å². The summed E-state index contributed by atoms with van der Waals surface area (Å²) in [5.41, 5.74) is 1.28. The highest BCUT2D eigenvalue weighted by atomic mass is 32.2. The lowest BCUT2D eigenvalue weighted by molar-refractivity contribution is -0.144. The van der Waals surface area contributed by atoms with Crippen LogP contribution in [0.4, 0.5) is 0 Å². The Balaban J connectivity index is 1.75. The molecule has 3 aliphatic rings. The molecule has 4 nitrogen and oxygen atoms in total. The van der Waals surface area contributed by atoms with E-state index in [1.807, 2.05) is 0 Å². The fraction of sp³-hybridized carbons (Fsp3) is 0.824. The Labute approximate surface area is 136 Å². The molecule has 0 saturated carbocycles. The molecule has 0 aromatic rings. The number of carbonyl (C=O) groups excluding carboxylic acids is 1. The molecular formula is C17H26O4S. The summed E-state index contributed by atoms with van der Waals surface area (Å²) >= 11 is 1.64. The largest absolute Gasteiger partial charge is 0.459 e. The number of aliphatic hydroxyl groups excluding tert-OH is 1. The zero-order valence-electron chi connectivity index (χ0n) is 13.4. The molecule has 124 valence electrons. The van der Waals surface area contributed by atoms with Gasteiger partial charge in [-0.25, -0.2) is 0 Å². The van der Waals surface area contributed by atoms with Gasteiger partial charge in [-0.3, -0.25) is 4.79 Å². The average molecular weight is 326 g/mol. The third kappa shape index (κ3) is 3.22. The van der Waals surface area contributed by atoms with E-state index in [4.69, 9.17) is 14.6 Å². The number of carbonyl (C=O) groups is 1. The smallest absolute Gasteiger partial charge is 0.310 e.